The van der Waals surface area contributed by atoms with Gasteiger partial charge in [-0.15, -0.1) is 0 Å². The SMILES string of the molecule is CCNC(=O)CCN1CCOCC1C(=O)O. The Hall–Kier alpha value is -1.14. The van der Waals surface area contributed by atoms with Crippen molar-refractivity contribution in [1.82, 2.24) is 10.2 Å². The number of ether oxygens (including phenoxy) is 1. The van der Waals surface area contributed by atoms with Crippen LogP contribution in [0.25, 0.3) is 0 Å². The third-order valence-electron chi connectivity index (χ3n) is 2.52. The van der Waals surface area contributed by atoms with Crippen LogP contribution in [0.1, 0.15) is 13.3 Å². The molecule has 92 valence electrons. The van der Waals surface area contributed by atoms with E-state index in [1.807, 2.05) is 6.92 Å². The Labute approximate surface area is 94.6 Å². The van der Waals surface area contributed by atoms with E-state index in [2.05, 4.69) is 5.32 Å². The van der Waals surface area contributed by atoms with E-state index in [1.54, 1.807) is 4.90 Å². The van der Waals surface area contributed by atoms with Crippen molar-refractivity contribution in [2.75, 3.05) is 32.8 Å². The van der Waals surface area contributed by atoms with Crippen molar-refractivity contribution in [2.45, 2.75) is 19.4 Å². The summed E-state index contributed by atoms with van der Waals surface area (Å²) in [5.74, 6) is -0.936. The number of nitrogens with one attached hydrogen (secondary N) is 1. The molecule has 1 aliphatic heterocycles. The van der Waals surface area contributed by atoms with Crippen molar-refractivity contribution in [1.29, 1.82) is 0 Å². The molecule has 1 rings (SSSR count). The molecule has 0 aromatic carbocycles. The molecule has 0 aromatic heterocycles. The number of aliphatic carboxylic acids is 1. The Morgan fingerprint density at radius 3 is 2.94 bits per heavy atom. The lowest BCUT2D eigenvalue weighted by Gasteiger charge is -2.32. The first-order valence-electron chi connectivity index (χ1n) is 5.46. The number of carboxylic acids is 1. The zero-order valence-corrected chi connectivity index (χ0v) is 9.44. The first kappa shape index (κ1) is 12.9. The highest BCUT2D eigenvalue weighted by molar-refractivity contribution is 5.76. The quantitative estimate of drug-likeness (QED) is 0.653. The number of hydrogen-bond donors (Lipinski definition) is 2. The molecule has 2 N–H and O–H groups in total. The number of carboxylic acid groups (broad SMARTS) is 1. The van der Waals surface area contributed by atoms with Gasteiger partial charge in [0, 0.05) is 26.1 Å². The fourth-order valence-corrected chi connectivity index (χ4v) is 1.66. The highest BCUT2D eigenvalue weighted by Crippen LogP contribution is 2.07. The lowest BCUT2D eigenvalue weighted by molar-refractivity contribution is -0.150. The number of morpholine rings is 1. The molecule has 16 heavy (non-hydrogen) atoms. The maximum absolute atomic E-state index is 11.2. The molecule has 0 aromatic rings. The van der Waals surface area contributed by atoms with Crippen molar-refractivity contribution in [2.24, 2.45) is 0 Å². The van der Waals surface area contributed by atoms with Gasteiger partial charge in [0.25, 0.3) is 0 Å². The Bertz CT molecular complexity index is 257. The number of carbonyl (C=O) groups excluding carboxylic acids is 1. The largest absolute Gasteiger partial charge is 0.480 e. The standard InChI is InChI=1S/C10H18N2O4/c1-2-11-9(13)3-4-12-5-6-16-7-8(12)10(14)15/h8H,2-7H2,1H3,(H,11,13)(H,14,15). The third kappa shape index (κ3) is 3.79. The molecule has 6 heteroatoms. The lowest BCUT2D eigenvalue weighted by atomic mass is 10.2. The monoisotopic (exact) mass is 230 g/mol. The van der Waals surface area contributed by atoms with Gasteiger partial charge < -0.3 is 15.2 Å². The summed E-state index contributed by atoms with van der Waals surface area (Å²) in [5.41, 5.74) is 0. The number of rotatable bonds is 5. The fourth-order valence-electron chi connectivity index (χ4n) is 1.66. The molecule has 1 amide bonds. The van der Waals surface area contributed by atoms with E-state index in [1.165, 1.54) is 0 Å². The van der Waals surface area contributed by atoms with Gasteiger partial charge in [-0.1, -0.05) is 0 Å². The Morgan fingerprint density at radius 2 is 2.31 bits per heavy atom. The van der Waals surface area contributed by atoms with Gasteiger partial charge in [0.15, 0.2) is 0 Å². The first-order chi connectivity index (χ1) is 7.65. The molecule has 0 saturated carbocycles. The number of carbonyl (C=O) groups is 2. The van der Waals surface area contributed by atoms with Crippen molar-refractivity contribution >= 4 is 11.9 Å². The van der Waals surface area contributed by atoms with Gasteiger partial charge >= 0.3 is 5.97 Å². The molecule has 1 heterocycles. The van der Waals surface area contributed by atoms with Crippen LogP contribution in [-0.4, -0.2) is 60.8 Å². The molecule has 0 radical (unpaired) electrons. The van der Waals surface area contributed by atoms with Crippen LogP contribution in [0.3, 0.4) is 0 Å². The van der Waals surface area contributed by atoms with Crippen molar-refractivity contribution in [3.63, 3.8) is 0 Å². The summed E-state index contributed by atoms with van der Waals surface area (Å²) in [7, 11) is 0. The minimum atomic E-state index is -0.893. The van der Waals surface area contributed by atoms with E-state index >= 15 is 0 Å². The molecule has 0 bridgehead atoms. The summed E-state index contributed by atoms with van der Waals surface area (Å²) >= 11 is 0. The summed E-state index contributed by atoms with van der Waals surface area (Å²) < 4.78 is 5.10. The van der Waals surface area contributed by atoms with Crippen LogP contribution in [0.15, 0.2) is 0 Å². The highest BCUT2D eigenvalue weighted by atomic mass is 16.5. The molecule has 1 saturated heterocycles. The zero-order chi connectivity index (χ0) is 12.0. The number of amides is 1. The van der Waals surface area contributed by atoms with Crippen LogP contribution in [0.5, 0.6) is 0 Å². The van der Waals surface area contributed by atoms with Crippen molar-refractivity contribution in [3.8, 4) is 0 Å². The van der Waals surface area contributed by atoms with E-state index in [0.717, 1.165) is 0 Å². The Kier molecular flexibility index (Phi) is 5.21. The van der Waals surface area contributed by atoms with Crippen LogP contribution < -0.4 is 5.32 Å². The Morgan fingerprint density at radius 1 is 1.56 bits per heavy atom. The summed E-state index contributed by atoms with van der Waals surface area (Å²) in [4.78, 5) is 23.9. The molecular formula is C10H18N2O4. The van der Waals surface area contributed by atoms with Crippen LogP contribution in [0, 0.1) is 0 Å². The number of nitrogens with zero attached hydrogens (tertiary/aromatic N) is 1. The van der Waals surface area contributed by atoms with Crippen LogP contribution in [0.2, 0.25) is 0 Å². The molecular weight excluding hydrogens is 212 g/mol. The molecule has 1 atom stereocenters. The maximum atomic E-state index is 11.2. The summed E-state index contributed by atoms with van der Waals surface area (Å²) in [6, 6.07) is -0.622. The van der Waals surface area contributed by atoms with Gasteiger partial charge in [0.2, 0.25) is 5.91 Å². The normalized spacial score (nSPS) is 21.7. The van der Waals surface area contributed by atoms with E-state index in [9.17, 15) is 9.59 Å². The summed E-state index contributed by atoms with van der Waals surface area (Å²) in [5, 5.41) is 11.6. The predicted octanol–water partition coefficient (Wildman–Crippen LogP) is -0.702. The van der Waals surface area contributed by atoms with Crippen LogP contribution >= 0.6 is 0 Å². The molecule has 0 aliphatic carbocycles. The van der Waals surface area contributed by atoms with Crippen molar-refractivity contribution in [3.05, 3.63) is 0 Å². The molecule has 0 spiro atoms. The van der Waals surface area contributed by atoms with Gasteiger partial charge in [-0.2, -0.15) is 0 Å². The van der Waals surface area contributed by atoms with Gasteiger partial charge in [-0.3, -0.25) is 14.5 Å². The average Bonchev–Trinajstić information content (AvgIpc) is 2.27. The predicted molar refractivity (Wildman–Crippen MR) is 57.1 cm³/mol. The van der Waals surface area contributed by atoms with Gasteiger partial charge in [0.1, 0.15) is 6.04 Å². The van der Waals surface area contributed by atoms with E-state index in [4.69, 9.17) is 9.84 Å². The number of hydrogen-bond acceptors (Lipinski definition) is 4. The minimum absolute atomic E-state index is 0.0434. The second-order valence-electron chi connectivity index (χ2n) is 3.67. The summed E-state index contributed by atoms with van der Waals surface area (Å²) in [6.07, 6.45) is 0.331. The molecule has 6 nitrogen and oxygen atoms in total. The van der Waals surface area contributed by atoms with Crippen LogP contribution in [-0.2, 0) is 14.3 Å². The highest BCUT2D eigenvalue weighted by Gasteiger charge is 2.28. The molecule has 1 unspecified atom stereocenters. The van der Waals surface area contributed by atoms with Crippen molar-refractivity contribution < 1.29 is 19.4 Å². The van der Waals surface area contributed by atoms with E-state index in [-0.39, 0.29) is 12.5 Å². The third-order valence-corrected chi connectivity index (χ3v) is 2.52. The van der Waals surface area contributed by atoms with E-state index < -0.39 is 12.0 Å². The van der Waals surface area contributed by atoms with Crippen LogP contribution in [0.4, 0.5) is 0 Å². The lowest BCUT2D eigenvalue weighted by Crippen LogP contribution is -2.50. The molecule has 1 fully saturated rings. The first-order valence-corrected chi connectivity index (χ1v) is 5.46. The topological polar surface area (TPSA) is 78.9 Å². The summed E-state index contributed by atoms with van der Waals surface area (Å²) in [6.45, 7) is 4.21. The van der Waals surface area contributed by atoms with Gasteiger partial charge in [0.05, 0.1) is 13.2 Å². The minimum Gasteiger partial charge on any atom is -0.480 e. The maximum Gasteiger partial charge on any atom is 0.323 e. The second-order valence-corrected chi connectivity index (χ2v) is 3.67. The zero-order valence-electron chi connectivity index (χ0n) is 9.44. The smallest absolute Gasteiger partial charge is 0.323 e. The Balaban J connectivity index is 2.38. The van der Waals surface area contributed by atoms with E-state index in [0.29, 0.717) is 32.7 Å². The van der Waals surface area contributed by atoms with Gasteiger partial charge in [-0.05, 0) is 6.92 Å². The van der Waals surface area contributed by atoms with Gasteiger partial charge in [-0.25, -0.2) is 0 Å². The average molecular weight is 230 g/mol. The second kappa shape index (κ2) is 6.44. The molecule has 1 aliphatic rings. The fraction of sp³-hybridized carbons (Fsp3) is 0.800.